The monoisotopic (exact) mass is 789 g/mol. The number of ketones is 1. The lowest BCUT2D eigenvalue weighted by atomic mass is 9.88. The van der Waals surface area contributed by atoms with Crippen LogP contribution in [-0.2, 0) is 32.9 Å². The second kappa shape index (κ2) is 31.5. The van der Waals surface area contributed by atoms with Crippen LogP contribution >= 0.6 is 7.82 Å². The van der Waals surface area contributed by atoms with Gasteiger partial charge in [-0.25, -0.2) is 4.57 Å². The number of rotatable bonds is 35. The molecule has 0 aromatic carbocycles. The lowest BCUT2D eigenvalue weighted by molar-refractivity contribution is -0.161. The molecule has 54 heavy (non-hydrogen) atoms. The Balaban J connectivity index is 2.24. The molecule has 1 aliphatic rings. The van der Waals surface area contributed by atoms with Crippen LogP contribution in [0.25, 0.3) is 0 Å². The third kappa shape index (κ3) is 27.9. The van der Waals surface area contributed by atoms with E-state index in [4.69, 9.17) is 19.3 Å². The van der Waals surface area contributed by atoms with E-state index in [2.05, 4.69) is 25.3 Å². The lowest BCUT2D eigenvalue weighted by Gasteiger charge is -2.19. The first-order valence-corrected chi connectivity index (χ1v) is 23.0. The van der Waals surface area contributed by atoms with Gasteiger partial charge in [0, 0.05) is 31.1 Å². The molecule has 316 valence electrons. The maximum atomic E-state index is 12.5. The van der Waals surface area contributed by atoms with Crippen LogP contribution in [-0.4, -0.2) is 69.2 Å². The first kappa shape index (κ1) is 50.4. The van der Waals surface area contributed by atoms with Crippen LogP contribution in [0.2, 0.25) is 0 Å². The minimum atomic E-state index is -4.82. The molecule has 5 atom stereocenters. The number of carbonyl (C=O) groups is 3. The van der Waals surface area contributed by atoms with Crippen LogP contribution in [0.4, 0.5) is 0 Å². The summed E-state index contributed by atoms with van der Waals surface area (Å²) in [4.78, 5) is 55.6. The maximum Gasteiger partial charge on any atom is 0.469 e. The topological polar surface area (TPSA) is 177 Å². The number of esters is 2. The maximum absolute atomic E-state index is 12.5. The van der Waals surface area contributed by atoms with Crippen molar-refractivity contribution in [2.45, 2.75) is 206 Å². The molecule has 1 saturated carbocycles. The van der Waals surface area contributed by atoms with Gasteiger partial charge in [-0.05, 0) is 31.6 Å². The molecule has 0 radical (unpaired) electrons. The van der Waals surface area contributed by atoms with Gasteiger partial charge in [-0.3, -0.25) is 18.9 Å². The third-order valence-electron chi connectivity index (χ3n) is 10.4. The molecule has 0 spiro atoms. The summed E-state index contributed by atoms with van der Waals surface area (Å²) in [5.74, 6) is -0.778. The highest BCUT2D eigenvalue weighted by Crippen LogP contribution is 2.36. The summed E-state index contributed by atoms with van der Waals surface area (Å²) < 4.78 is 26.4. The van der Waals surface area contributed by atoms with E-state index in [1.54, 1.807) is 12.2 Å². The van der Waals surface area contributed by atoms with Gasteiger partial charge >= 0.3 is 19.8 Å². The molecule has 11 nitrogen and oxygen atoms in total. The number of aliphatic hydroxyl groups is 2. The molecule has 0 heterocycles. The van der Waals surface area contributed by atoms with Gasteiger partial charge in [0.1, 0.15) is 12.4 Å². The molecule has 1 aliphatic carbocycles. The average molecular weight is 789 g/mol. The first-order valence-electron chi connectivity index (χ1n) is 21.4. The summed E-state index contributed by atoms with van der Waals surface area (Å²) in [6.07, 6.45) is 25.5. The fourth-order valence-corrected chi connectivity index (χ4v) is 7.46. The summed E-state index contributed by atoms with van der Waals surface area (Å²) in [6, 6.07) is 0. The predicted octanol–water partition coefficient (Wildman–Crippen LogP) is 9.46. The molecule has 0 unspecified atom stereocenters. The van der Waals surface area contributed by atoms with E-state index in [-0.39, 0.29) is 43.5 Å². The number of phosphoric ester groups is 1. The lowest BCUT2D eigenvalue weighted by Crippen LogP contribution is -2.29. The Labute approximate surface area is 327 Å². The number of ether oxygens (including phenoxy) is 2. The van der Waals surface area contributed by atoms with Gasteiger partial charge in [-0.15, -0.1) is 0 Å². The smallest absolute Gasteiger partial charge is 0.462 e. The second-order valence-corrected chi connectivity index (χ2v) is 17.2. The zero-order chi connectivity index (χ0) is 40.0. The average Bonchev–Trinajstić information content (AvgIpc) is 3.38. The van der Waals surface area contributed by atoms with Gasteiger partial charge in [-0.2, -0.15) is 0 Å². The van der Waals surface area contributed by atoms with Gasteiger partial charge in [0.05, 0.1) is 18.8 Å². The fourth-order valence-electron chi connectivity index (χ4n) is 7.10. The number of hydrogen-bond acceptors (Lipinski definition) is 9. The van der Waals surface area contributed by atoms with Crippen LogP contribution in [0.15, 0.2) is 12.2 Å². The number of hydrogen-bond donors (Lipinski definition) is 4. The zero-order valence-corrected chi connectivity index (χ0v) is 34.9. The van der Waals surface area contributed by atoms with Crippen LogP contribution in [0.1, 0.15) is 188 Å². The number of phosphoric acid groups is 1. The highest BCUT2D eigenvalue weighted by molar-refractivity contribution is 7.46. The van der Waals surface area contributed by atoms with E-state index in [0.717, 1.165) is 57.3 Å². The van der Waals surface area contributed by atoms with E-state index in [0.29, 0.717) is 32.1 Å². The number of aliphatic hydroxyl groups excluding tert-OH is 2. The van der Waals surface area contributed by atoms with Crippen molar-refractivity contribution in [1.29, 1.82) is 0 Å². The molecule has 0 aromatic heterocycles. The Kier molecular flexibility index (Phi) is 29.4. The normalized spacial score (nSPS) is 18.8. The third-order valence-corrected chi connectivity index (χ3v) is 10.8. The second-order valence-electron chi connectivity index (χ2n) is 15.9. The van der Waals surface area contributed by atoms with Crippen molar-refractivity contribution in [1.82, 2.24) is 0 Å². The Hall–Kier alpha value is -1.62. The van der Waals surface area contributed by atoms with E-state index in [1.807, 2.05) is 0 Å². The van der Waals surface area contributed by atoms with Crippen molar-refractivity contribution < 1.29 is 52.9 Å². The minimum Gasteiger partial charge on any atom is -0.462 e. The van der Waals surface area contributed by atoms with Gasteiger partial charge < -0.3 is 29.5 Å². The molecule has 12 heteroatoms. The molecule has 0 aliphatic heterocycles. The fraction of sp³-hybridized carbons (Fsp3) is 0.881. The SMILES string of the molecule is CCCCC[C@H](O)/C=C/[C@H]1[C@H](O)CC(=O)[C@@H]1CCCCCCC(=O)O[C@H](COC(=O)CCCCCCCCCCCCCCCC(C)C)COP(=O)(O)O. The zero-order valence-electron chi connectivity index (χ0n) is 34.0. The predicted molar refractivity (Wildman–Crippen MR) is 213 cm³/mol. The van der Waals surface area contributed by atoms with E-state index in [9.17, 15) is 29.2 Å². The summed E-state index contributed by atoms with van der Waals surface area (Å²) in [7, 11) is -4.82. The van der Waals surface area contributed by atoms with Crippen LogP contribution < -0.4 is 0 Å². The van der Waals surface area contributed by atoms with Gasteiger partial charge in [0.25, 0.3) is 0 Å². The van der Waals surface area contributed by atoms with E-state index in [1.165, 1.54) is 64.2 Å². The quantitative estimate of drug-likeness (QED) is 0.0208. The Morgan fingerprint density at radius 2 is 1.28 bits per heavy atom. The Morgan fingerprint density at radius 3 is 1.83 bits per heavy atom. The molecule has 0 aromatic rings. The van der Waals surface area contributed by atoms with E-state index < -0.39 is 44.7 Å². The molecule has 0 amide bonds. The van der Waals surface area contributed by atoms with Crippen LogP contribution in [0.3, 0.4) is 0 Å². The summed E-state index contributed by atoms with van der Waals surface area (Å²) in [5.41, 5.74) is 0. The van der Waals surface area contributed by atoms with Crippen molar-refractivity contribution in [2.75, 3.05) is 13.2 Å². The molecule has 4 N–H and O–H groups in total. The first-order chi connectivity index (χ1) is 25.8. The van der Waals surface area contributed by atoms with Crippen molar-refractivity contribution >= 4 is 25.5 Å². The van der Waals surface area contributed by atoms with Gasteiger partial charge in [-0.1, -0.05) is 155 Å². The van der Waals surface area contributed by atoms with Crippen molar-refractivity contribution in [3.8, 4) is 0 Å². The Bertz CT molecular complexity index is 1060. The largest absolute Gasteiger partial charge is 0.469 e. The standard InChI is InChI=1S/C42H77O11P/c1-4-5-19-25-35(43)29-30-38-37(39(44)31-40(38)45)26-21-17-18-23-28-42(47)53-36(33-52-54(48,49)50)32-51-41(46)27-22-16-14-12-10-8-6-7-9-11-13-15-20-24-34(2)3/h29-30,34-38,40,43,45H,4-28,31-33H2,1-3H3,(H2,48,49,50)/b30-29+/t35-,36+,37+,38+,40+/m0/s1. The number of carbonyl (C=O) groups excluding carboxylic acids is 3. The molecular formula is C42H77O11P. The molecule has 1 fully saturated rings. The van der Waals surface area contributed by atoms with Crippen molar-refractivity contribution in [3.63, 3.8) is 0 Å². The molecule has 1 rings (SSSR count). The van der Waals surface area contributed by atoms with Crippen LogP contribution in [0, 0.1) is 17.8 Å². The Morgan fingerprint density at radius 1 is 0.759 bits per heavy atom. The van der Waals surface area contributed by atoms with Crippen molar-refractivity contribution in [3.05, 3.63) is 12.2 Å². The van der Waals surface area contributed by atoms with Gasteiger partial charge in [0.2, 0.25) is 0 Å². The molecule has 0 bridgehead atoms. The molecular weight excluding hydrogens is 711 g/mol. The van der Waals surface area contributed by atoms with Gasteiger partial charge in [0.15, 0.2) is 6.10 Å². The highest BCUT2D eigenvalue weighted by atomic mass is 31.2. The summed E-state index contributed by atoms with van der Waals surface area (Å²) >= 11 is 0. The molecule has 0 saturated heterocycles. The number of Topliss-reactive ketones (excluding diaryl/α,β-unsaturated/α-hetero) is 1. The highest BCUT2D eigenvalue weighted by Gasteiger charge is 2.39. The van der Waals surface area contributed by atoms with Crippen LogP contribution in [0.5, 0.6) is 0 Å². The number of unbranched alkanes of at least 4 members (excludes halogenated alkanes) is 17. The van der Waals surface area contributed by atoms with E-state index >= 15 is 0 Å². The minimum absolute atomic E-state index is 0.0371. The van der Waals surface area contributed by atoms with Crippen molar-refractivity contribution in [2.24, 2.45) is 17.8 Å². The summed E-state index contributed by atoms with van der Waals surface area (Å²) in [6.45, 7) is 5.72. The summed E-state index contributed by atoms with van der Waals surface area (Å²) in [5, 5.41) is 20.6.